The van der Waals surface area contributed by atoms with Crippen LogP contribution in [0.1, 0.15) is 36.9 Å². The van der Waals surface area contributed by atoms with Crippen LogP contribution in [0.2, 0.25) is 0 Å². The first kappa shape index (κ1) is 27.3. The molecule has 4 aromatic rings. The van der Waals surface area contributed by atoms with E-state index in [2.05, 4.69) is 9.72 Å². The van der Waals surface area contributed by atoms with Gasteiger partial charge in [-0.1, -0.05) is 36.4 Å². The highest BCUT2D eigenvalue weighted by Crippen LogP contribution is 2.49. The Labute approximate surface area is 245 Å². The van der Waals surface area contributed by atoms with Crippen LogP contribution in [0, 0.1) is 0 Å². The molecule has 1 saturated heterocycles. The molecule has 220 valence electrons. The van der Waals surface area contributed by atoms with Crippen LogP contribution < -0.4 is 15.4 Å². The molecular formula is C32H28F3N5O3. The number of hydrogen-bond acceptors (Lipinski definition) is 6. The van der Waals surface area contributed by atoms with Crippen LogP contribution in [0.5, 0.6) is 5.75 Å². The average Bonchev–Trinajstić information content (AvgIpc) is 3.72. The Bertz CT molecular complexity index is 1750. The fourth-order valence-electron chi connectivity index (χ4n) is 6.50. The zero-order valence-electron chi connectivity index (χ0n) is 23.1. The Hall–Kier alpha value is -4.51. The Kier molecular flexibility index (Phi) is 6.21. The van der Waals surface area contributed by atoms with Crippen molar-refractivity contribution in [2.45, 2.75) is 49.5 Å². The summed E-state index contributed by atoms with van der Waals surface area (Å²) in [4.78, 5) is 39.8. The van der Waals surface area contributed by atoms with E-state index in [1.165, 1.54) is 12.1 Å². The number of carbonyl (C=O) groups is 2. The Morgan fingerprint density at radius 2 is 1.70 bits per heavy atom. The number of alkyl halides is 3. The van der Waals surface area contributed by atoms with Gasteiger partial charge in [0.15, 0.2) is 0 Å². The summed E-state index contributed by atoms with van der Waals surface area (Å²) in [6.45, 7) is 1.00. The van der Waals surface area contributed by atoms with Crippen molar-refractivity contribution in [2.24, 2.45) is 5.73 Å². The van der Waals surface area contributed by atoms with Gasteiger partial charge in [-0.05, 0) is 60.4 Å². The number of piperidine rings is 1. The molecule has 2 aromatic carbocycles. The van der Waals surface area contributed by atoms with Gasteiger partial charge in [0, 0.05) is 36.4 Å². The average molecular weight is 588 g/mol. The molecule has 8 nitrogen and oxygen atoms in total. The van der Waals surface area contributed by atoms with Gasteiger partial charge in [0.2, 0.25) is 11.8 Å². The van der Waals surface area contributed by atoms with E-state index in [0.29, 0.717) is 61.3 Å². The normalized spacial score (nSPS) is 18.7. The van der Waals surface area contributed by atoms with E-state index in [1.807, 2.05) is 30.3 Å². The third-order valence-electron chi connectivity index (χ3n) is 8.94. The molecule has 0 unspecified atom stereocenters. The van der Waals surface area contributed by atoms with Crippen molar-refractivity contribution in [3.63, 3.8) is 0 Å². The Morgan fingerprint density at radius 1 is 0.977 bits per heavy atom. The molecule has 1 aliphatic carbocycles. The van der Waals surface area contributed by atoms with E-state index < -0.39 is 17.3 Å². The minimum atomic E-state index is -4.80. The zero-order valence-corrected chi connectivity index (χ0v) is 23.1. The highest BCUT2D eigenvalue weighted by Gasteiger charge is 2.55. The number of ether oxygens (including phenoxy) is 1. The quantitative estimate of drug-likeness (QED) is 0.349. The summed E-state index contributed by atoms with van der Waals surface area (Å²) in [5.41, 5.74) is 8.15. The number of nitrogens with two attached hydrogens (primary N) is 1. The number of benzene rings is 2. The van der Waals surface area contributed by atoms with Crippen molar-refractivity contribution < 1.29 is 27.5 Å². The van der Waals surface area contributed by atoms with Gasteiger partial charge in [0.1, 0.15) is 5.75 Å². The second kappa shape index (κ2) is 9.77. The molecule has 1 spiro atoms. The molecule has 2 N–H and O–H groups in total. The van der Waals surface area contributed by atoms with Crippen LogP contribution in [0.15, 0.2) is 73.2 Å². The topological polar surface area (TPSA) is 102 Å². The summed E-state index contributed by atoms with van der Waals surface area (Å²) in [6.07, 6.45) is 2.62. The first-order valence-electron chi connectivity index (χ1n) is 14.2. The zero-order chi connectivity index (χ0) is 30.0. The highest BCUT2D eigenvalue weighted by molar-refractivity contribution is 6.08. The lowest BCUT2D eigenvalue weighted by Gasteiger charge is -2.39. The molecule has 0 bridgehead atoms. The van der Waals surface area contributed by atoms with Gasteiger partial charge >= 0.3 is 6.36 Å². The molecule has 2 amide bonds. The molecule has 4 heterocycles. The second-order valence-corrected chi connectivity index (χ2v) is 11.6. The smallest absolute Gasteiger partial charge is 0.406 e. The van der Waals surface area contributed by atoms with Crippen molar-refractivity contribution in [3.8, 4) is 16.9 Å². The number of fused-ring (bicyclic) bond motifs is 3. The van der Waals surface area contributed by atoms with Gasteiger partial charge < -0.3 is 20.3 Å². The van der Waals surface area contributed by atoms with Crippen LogP contribution >= 0.6 is 0 Å². The van der Waals surface area contributed by atoms with E-state index in [-0.39, 0.29) is 24.1 Å². The molecule has 0 radical (unpaired) electrons. The molecule has 1 saturated carbocycles. The Morgan fingerprint density at radius 3 is 2.40 bits per heavy atom. The van der Waals surface area contributed by atoms with Crippen LogP contribution in [0.25, 0.3) is 21.9 Å². The van der Waals surface area contributed by atoms with Crippen molar-refractivity contribution in [1.29, 1.82) is 0 Å². The molecule has 43 heavy (non-hydrogen) atoms. The lowest BCUT2D eigenvalue weighted by Crippen LogP contribution is -2.54. The maximum absolute atomic E-state index is 14.3. The number of aromatic nitrogens is 2. The molecule has 3 aliphatic rings. The number of halogens is 3. The maximum atomic E-state index is 14.3. The summed E-state index contributed by atoms with van der Waals surface area (Å²) in [6, 6.07) is 15.1. The lowest BCUT2D eigenvalue weighted by atomic mass is 9.74. The summed E-state index contributed by atoms with van der Waals surface area (Å²) < 4.78 is 42.4. The monoisotopic (exact) mass is 587 g/mol. The molecule has 2 aliphatic heterocycles. The predicted molar refractivity (Wildman–Crippen MR) is 153 cm³/mol. The highest BCUT2D eigenvalue weighted by atomic mass is 19.4. The fourth-order valence-corrected chi connectivity index (χ4v) is 6.50. The van der Waals surface area contributed by atoms with Crippen LogP contribution in [-0.2, 0) is 21.5 Å². The van der Waals surface area contributed by atoms with Gasteiger partial charge in [0.25, 0.3) is 0 Å². The third-order valence-corrected chi connectivity index (χ3v) is 8.94. The number of hydrogen-bond donors (Lipinski definition) is 1. The van der Waals surface area contributed by atoms with E-state index in [1.54, 1.807) is 40.5 Å². The van der Waals surface area contributed by atoms with Crippen LogP contribution in [-0.4, -0.2) is 51.7 Å². The minimum absolute atomic E-state index is 0.0451. The number of carbonyl (C=O) groups excluding carboxylic acids is 2. The molecule has 2 aromatic heterocycles. The van der Waals surface area contributed by atoms with Crippen LogP contribution in [0.4, 0.5) is 18.9 Å². The van der Waals surface area contributed by atoms with Crippen molar-refractivity contribution in [3.05, 3.63) is 84.4 Å². The second-order valence-electron chi connectivity index (χ2n) is 11.6. The van der Waals surface area contributed by atoms with Gasteiger partial charge in [0.05, 0.1) is 35.1 Å². The SMILES string of the molecule is NC1(C(=O)N2CCC3(CC2)C(=O)N(Cc2ncc4ccccc4c2-c2ccc(OC(F)(F)F)cc2)c2cnccc23)CC1. The number of rotatable bonds is 5. The number of pyridine rings is 2. The van der Waals surface area contributed by atoms with Crippen molar-refractivity contribution in [2.75, 3.05) is 18.0 Å². The van der Waals surface area contributed by atoms with Gasteiger partial charge in [-0.3, -0.25) is 19.6 Å². The van der Waals surface area contributed by atoms with E-state index in [4.69, 9.17) is 10.7 Å². The fraction of sp³-hybridized carbons (Fsp3) is 0.312. The summed E-state index contributed by atoms with van der Waals surface area (Å²) in [7, 11) is 0. The lowest BCUT2D eigenvalue weighted by molar-refractivity contribution is -0.274. The van der Waals surface area contributed by atoms with Crippen molar-refractivity contribution in [1.82, 2.24) is 14.9 Å². The molecular weight excluding hydrogens is 559 g/mol. The maximum Gasteiger partial charge on any atom is 0.573 e. The molecule has 0 atom stereocenters. The standard InChI is InChI=1S/C32H28F3N5O3/c33-32(34,35)43-22-7-5-20(6-8-22)27-23-4-2-1-3-21(23)17-38-25(27)19-40-26-18-37-14-9-24(26)30(28(40)41)12-15-39(16-13-30)29(42)31(36)10-11-31/h1-9,14,17-18H,10-13,15-16,19,36H2. The first-order valence-corrected chi connectivity index (χ1v) is 14.2. The summed E-state index contributed by atoms with van der Waals surface area (Å²) in [5, 5.41) is 1.71. The van der Waals surface area contributed by atoms with Gasteiger partial charge in [-0.25, -0.2) is 0 Å². The van der Waals surface area contributed by atoms with E-state index in [0.717, 1.165) is 16.3 Å². The summed E-state index contributed by atoms with van der Waals surface area (Å²) >= 11 is 0. The predicted octanol–water partition coefficient (Wildman–Crippen LogP) is 5.09. The van der Waals surface area contributed by atoms with Gasteiger partial charge in [-0.15, -0.1) is 13.2 Å². The number of anilines is 1. The number of likely N-dealkylation sites (tertiary alicyclic amines) is 1. The number of amides is 2. The van der Waals surface area contributed by atoms with E-state index >= 15 is 0 Å². The van der Waals surface area contributed by atoms with Crippen LogP contribution in [0.3, 0.4) is 0 Å². The van der Waals surface area contributed by atoms with E-state index in [9.17, 15) is 22.8 Å². The third kappa shape index (κ3) is 4.68. The van der Waals surface area contributed by atoms with Gasteiger partial charge in [-0.2, -0.15) is 0 Å². The Balaban J connectivity index is 1.24. The number of nitrogens with zero attached hydrogens (tertiary/aromatic N) is 4. The van der Waals surface area contributed by atoms with Crippen molar-refractivity contribution >= 4 is 28.3 Å². The largest absolute Gasteiger partial charge is 0.573 e. The first-order chi connectivity index (χ1) is 20.6. The minimum Gasteiger partial charge on any atom is -0.406 e. The molecule has 2 fully saturated rings. The molecule has 7 rings (SSSR count). The summed E-state index contributed by atoms with van der Waals surface area (Å²) in [5.74, 6) is -0.447. The molecule has 11 heteroatoms.